The summed E-state index contributed by atoms with van der Waals surface area (Å²) in [6.07, 6.45) is -3.62. The standard InChI is InChI=1S/C24H30F3N7O5S/c25-24(26,27)23(13-30-21-17(23)20(28)31-22(29)32-21)15-1-2-16(19-18(15)38-11-12-39-19)40(35,36)34-5-3-14(4-6-34)33-7-9-37-10-8-33/h1-2,14H,3-13H2,(H5,28,29,30,31,32). The number of rotatable bonds is 4. The molecule has 0 amide bonds. The molecule has 40 heavy (non-hydrogen) atoms. The van der Waals surface area contributed by atoms with E-state index in [1.54, 1.807) is 0 Å². The summed E-state index contributed by atoms with van der Waals surface area (Å²) < 4.78 is 90.9. The van der Waals surface area contributed by atoms with Crippen LogP contribution in [0.15, 0.2) is 17.0 Å². The van der Waals surface area contributed by atoms with Crippen molar-refractivity contribution in [3.8, 4) is 11.5 Å². The predicted octanol–water partition coefficient (Wildman–Crippen LogP) is 1.17. The van der Waals surface area contributed by atoms with Crippen LogP contribution in [0.3, 0.4) is 0 Å². The number of sulfonamides is 1. The van der Waals surface area contributed by atoms with Crippen LogP contribution in [0.4, 0.5) is 30.8 Å². The van der Waals surface area contributed by atoms with Gasteiger partial charge >= 0.3 is 6.18 Å². The minimum atomic E-state index is -4.89. The summed E-state index contributed by atoms with van der Waals surface area (Å²) in [5.74, 6) is -1.39. The molecule has 6 rings (SSSR count). The maximum absolute atomic E-state index is 15.0. The first kappa shape index (κ1) is 27.1. The molecule has 5 heterocycles. The number of benzene rings is 1. The van der Waals surface area contributed by atoms with E-state index in [0.29, 0.717) is 26.1 Å². The summed E-state index contributed by atoms with van der Waals surface area (Å²) in [6.45, 7) is 2.73. The molecule has 1 unspecified atom stereocenters. The van der Waals surface area contributed by atoms with E-state index in [0.717, 1.165) is 25.2 Å². The van der Waals surface area contributed by atoms with Crippen LogP contribution in [0.25, 0.3) is 0 Å². The van der Waals surface area contributed by atoms with Gasteiger partial charge in [-0.05, 0) is 18.9 Å². The third kappa shape index (κ3) is 4.19. The monoisotopic (exact) mass is 585 g/mol. The number of aromatic nitrogens is 2. The highest BCUT2D eigenvalue weighted by atomic mass is 32.2. The second-order valence-corrected chi connectivity index (χ2v) is 12.1. The van der Waals surface area contributed by atoms with Crippen molar-refractivity contribution < 1.29 is 35.8 Å². The lowest BCUT2D eigenvalue weighted by molar-refractivity contribution is -0.173. The molecule has 218 valence electrons. The average molecular weight is 586 g/mol. The molecule has 1 aromatic carbocycles. The van der Waals surface area contributed by atoms with Crippen molar-refractivity contribution >= 4 is 27.6 Å². The second-order valence-electron chi connectivity index (χ2n) is 10.2. The minimum absolute atomic E-state index is 0.0201. The minimum Gasteiger partial charge on any atom is -0.486 e. The number of nitrogens with zero attached hydrogens (tertiary/aromatic N) is 4. The van der Waals surface area contributed by atoms with E-state index in [9.17, 15) is 8.42 Å². The Balaban J connectivity index is 1.39. The van der Waals surface area contributed by atoms with Crippen molar-refractivity contribution in [3.63, 3.8) is 0 Å². The largest absolute Gasteiger partial charge is 0.486 e. The molecule has 4 aliphatic rings. The van der Waals surface area contributed by atoms with Crippen molar-refractivity contribution in [2.75, 3.05) is 75.9 Å². The van der Waals surface area contributed by atoms with Crippen LogP contribution in [-0.4, -0.2) is 99.0 Å². The first-order valence-electron chi connectivity index (χ1n) is 13.0. The SMILES string of the molecule is Nc1nc(N)c2c(n1)NCC2(c1ccc(S(=O)(=O)N2CCC(N3CCOCC3)CC2)c2c1OCCO2)C(F)(F)F. The van der Waals surface area contributed by atoms with E-state index in [1.807, 2.05) is 0 Å². The normalized spacial score (nSPS) is 24.5. The smallest absolute Gasteiger partial charge is 0.404 e. The molecule has 5 N–H and O–H groups in total. The van der Waals surface area contributed by atoms with E-state index < -0.39 is 39.5 Å². The van der Waals surface area contributed by atoms with Crippen LogP contribution in [0, 0.1) is 0 Å². The Bertz CT molecular complexity index is 1410. The molecule has 0 aliphatic carbocycles. The number of hydrogen-bond donors (Lipinski definition) is 3. The summed E-state index contributed by atoms with van der Waals surface area (Å²) in [6, 6.07) is 2.53. The lowest BCUT2D eigenvalue weighted by Gasteiger charge is -2.40. The maximum atomic E-state index is 15.0. The van der Waals surface area contributed by atoms with Gasteiger partial charge in [-0.15, -0.1) is 0 Å². The molecule has 2 saturated heterocycles. The molecule has 1 atom stereocenters. The van der Waals surface area contributed by atoms with Crippen LogP contribution in [0.2, 0.25) is 0 Å². The van der Waals surface area contributed by atoms with Crippen molar-refractivity contribution in [1.29, 1.82) is 0 Å². The van der Waals surface area contributed by atoms with Gasteiger partial charge in [0.15, 0.2) is 11.5 Å². The third-order valence-electron chi connectivity index (χ3n) is 8.10. The second kappa shape index (κ2) is 9.78. The summed E-state index contributed by atoms with van der Waals surface area (Å²) >= 11 is 0. The van der Waals surface area contributed by atoms with Crippen molar-refractivity contribution in [1.82, 2.24) is 19.2 Å². The molecule has 0 spiro atoms. The summed E-state index contributed by atoms with van der Waals surface area (Å²) in [5, 5.41) is 2.65. The number of halogens is 3. The van der Waals surface area contributed by atoms with Crippen molar-refractivity contribution in [2.24, 2.45) is 0 Å². The zero-order valence-electron chi connectivity index (χ0n) is 21.5. The van der Waals surface area contributed by atoms with Gasteiger partial charge in [0.05, 0.1) is 18.8 Å². The van der Waals surface area contributed by atoms with Crippen LogP contribution < -0.4 is 26.3 Å². The number of hydrogen-bond acceptors (Lipinski definition) is 11. The first-order chi connectivity index (χ1) is 19.0. The quantitative estimate of drug-likeness (QED) is 0.473. The van der Waals surface area contributed by atoms with E-state index >= 15 is 13.2 Å². The molecular weight excluding hydrogens is 555 g/mol. The van der Waals surface area contributed by atoms with Crippen LogP contribution in [0.1, 0.15) is 24.0 Å². The Labute approximate surface area is 228 Å². The Morgan fingerprint density at radius 2 is 1.65 bits per heavy atom. The molecule has 0 bridgehead atoms. The fourth-order valence-electron chi connectivity index (χ4n) is 6.15. The number of fused-ring (bicyclic) bond motifs is 2. The third-order valence-corrected chi connectivity index (χ3v) is 10.0. The fraction of sp³-hybridized carbons (Fsp3) is 0.583. The number of nitrogens with one attached hydrogen (secondary N) is 1. The molecule has 0 radical (unpaired) electrons. The van der Waals surface area contributed by atoms with Gasteiger partial charge in [-0.2, -0.15) is 27.4 Å². The van der Waals surface area contributed by atoms with Crippen LogP contribution in [0.5, 0.6) is 11.5 Å². The van der Waals surface area contributed by atoms with Gasteiger partial charge in [-0.25, -0.2) is 8.42 Å². The lowest BCUT2D eigenvalue weighted by Crippen LogP contribution is -2.50. The Kier molecular flexibility index (Phi) is 6.63. The fourth-order valence-corrected chi connectivity index (χ4v) is 7.75. The first-order valence-corrected chi connectivity index (χ1v) is 14.5. The van der Waals surface area contributed by atoms with Gasteiger partial charge < -0.3 is 31.0 Å². The van der Waals surface area contributed by atoms with Gasteiger partial charge in [-0.3, -0.25) is 4.90 Å². The highest BCUT2D eigenvalue weighted by Crippen LogP contribution is 2.58. The number of nitrogens with two attached hydrogens (primary N) is 2. The molecule has 0 saturated carbocycles. The topological polar surface area (TPSA) is 158 Å². The highest BCUT2D eigenvalue weighted by molar-refractivity contribution is 7.89. The number of alkyl halides is 3. The summed E-state index contributed by atoms with van der Waals surface area (Å²) in [4.78, 5) is 9.76. The van der Waals surface area contributed by atoms with Gasteiger partial charge in [-0.1, -0.05) is 6.07 Å². The number of piperidine rings is 1. The van der Waals surface area contributed by atoms with E-state index in [-0.39, 0.29) is 66.1 Å². The maximum Gasteiger partial charge on any atom is 0.404 e. The molecule has 4 aliphatic heterocycles. The number of anilines is 3. The zero-order chi connectivity index (χ0) is 28.3. The number of morpholine rings is 1. The van der Waals surface area contributed by atoms with Gasteiger partial charge in [0.2, 0.25) is 16.0 Å². The van der Waals surface area contributed by atoms with Gasteiger partial charge in [0.25, 0.3) is 0 Å². The Morgan fingerprint density at radius 3 is 2.33 bits per heavy atom. The summed E-state index contributed by atoms with van der Waals surface area (Å²) in [7, 11) is -4.11. The Hall–Kier alpha value is -3.08. The Morgan fingerprint density at radius 1 is 0.975 bits per heavy atom. The van der Waals surface area contributed by atoms with E-state index in [1.165, 1.54) is 4.31 Å². The summed E-state index contributed by atoms with van der Waals surface area (Å²) in [5.41, 5.74) is 8.11. The molecular formula is C24H30F3N7O5S. The molecule has 2 aromatic rings. The molecule has 16 heteroatoms. The van der Waals surface area contributed by atoms with Crippen LogP contribution in [-0.2, 0) is 20.2 Å². The van der Waals surface area contributed by atoms with E-state index in [2.05, 4.69) is 20.2 Å². The van der Waals surface area contributed by atoms with Crippen molar-refractivity contribution in [3.05, 3.63) is 23.3 Å². The van der Waals surface area contributed by atoms with Gasteiger partial charge in [0, 0.05) is 44.3 Å². The van der Waals surface area contributed by atoms with Gasteiger partial charge in [0.1, 0.15) is 35.2 Å². The predicted molar refractivity (Wildman–Crippen MR) is 138 cm³/mol. The zero-order valence-corrected chi connectivity index (χ0v) is 22.4. The van der Waals surface area contributed by atoms with Crippen LogP contribution >= 0.6 is 0 Å². The lowest BCUT2D eigenvalue weighted by atomic mass is 9.75. The average Bonchev–Trinajstić information content (AvgIpc) is 3.34. The molecule has 12 nitrogen and oxygen atoms in total. The van der Waals surface area contributed by atoms with Crippen molar-refractivity contribution in [2.45, 2.75) is 35.4 Å². The number of ether oxygens (including phenoxy) is 3. The van der Waals surface area contributed by atoms with E-state index in [4.69, 9.17) is 25.7 Å². The number of nitrogen functional groups attached to an aromatic ring is 2. The molecule has 1 aromatic heterocycles. The highest BCUT2D eigenvalue weighted by Gasteiger charge is 2.64. The molecule has 2 fully saturated rings.